The molecule has 0 spiro atoms. The van der Waals surface area contributed by atoms with E-state index in [1.165, 1.54) is 18.4 Å². The third-order valence-electron chi connectivity index (χ3n) is 3.46. The summed E-state index contributed by atoms with van der Waals surface area (Å²) >= 11 is 0. The minimum atomic E-state index is -0.0255. The topological polar surface area (TPSA) is 41.1 Å². The Morgan fingerprint density at radius 1 is 1.33 bits per heavy atom. The van der Waals surface area contributed by atoms with Crippen LogP contribution in [-0.4, -0.2) is 18.6 Å². The lowest BCUT2D eigenvalue weighted by Gasteiger charge is -2.13. The molecule has 1 unspecified atom stereocenters. The van der Waals surface area contributed by atoms with Gasteiger partial charge in [0.2, 0.25) is 0 Å². The molecule has 0 bridgehead atoms. The predicted molar refractivity (Wildman–Crippen MR) is 73.5 cm³/mol. The molecule has 0 aromatic heterocycles. The van der Waals surface area contributed by atoms with Crippen molar-refractivity contribution in [2.45, 2.75) is 38.6 Å². The van der Waals surface area contributed by atoms with Crippen LogP contribution >= 0.6 is 0 Å². The molecular weight excluding hydrogens is 224 g/mol. The number of nitrogens with one attached hydrogen (secondary N) is 2. The summed E-state index contributed by atoms with van der Waals surface area (Å²) in [7, 11) is 0. The molecule has 0 heterocycles. The van der Waals surface area contributed by atoms with Gasteiger partial charge in [-0.25, -0.2) is 4.79 Å². The van der Waals surface area contributed by atoms with E-state index in [2.05, 4.69) is 29.7 Å². The molecule has 2 amide bonds. The Hall–Kier alpha value is -1.51. The van der Waals surface area contributed by atoms with Gasteiger partial charge in [0.1, 0.15) is 0 Å². The second-order valence-electron chi connectivity index (χ2n) is 5.12. The number of benzene rings is 1. The average Bonchev–Trinajstić information content (AvgIpc) is 3.20. The summed E-state index contributed by atoms with van der Waals surface area (Å²) in [5.74, 6) is 0.708. The molecule has 3 nitrogen and oxygen atoms in total. The van der Waals surface area contributed by atoms with Gasteiger partial charge in [-0.1, -0.05) is 30.3 Å². The molecule has 1 aliphatic rings. The third kappa shape index (κ3) is 4.40. The molecule has 1 atom stereocenters. The minimum Gasteiger partial charge on any atom is -0.338 e. The van der Waals surface area contributed by atoms with Crippen molar-refractivity contribution >= 4 is 6.03 Å². The molecular formula is C15H22N2O. The van der Waals surface area contributed by atoms with Crippen LogP contribution in [0.4, 0.5) is 4.79 Å². The van der Waals surface area contributed by atoms with Gasteiger partial charge in [0.25, 0.3) is 0 Å². The van der Waals surface area contributed by atoms with E-state index < -0.39 is 0 Å². The van der Waals surface area contributed by atoms with E-state index in [1.807, 2.05) is 18.2 Å². The van der Waals surface area contributed by atoms with Crippen molar-refractivity contribution in [2.24, 2.45) is 5.92 Å². The highest BCUT2D eigenvalue weighted by Gasteiger charge is 2.28. The van der Waals surface area contributed by atoms with Crippen molar-refractivity contribution in [1.82, 2.24) is 10.6 Å². The van der Waals surface area contributed by atoms with Crippen LogP contribution in [0, 0.1) is 5.92 Å². The van der Waals surface area contributed by atoms with E-state index in [0.29, 0.717) is 12.0 Å². The monoisotopic (exact) mass is 246 g/mol. The summed E-state index contributed by atoms with van der Waals surface area (Å²) in [5.41, 5.74) is 1.33. The molecule has 98 valence electrons. The first-order chi connectivity index (χ1) is 8.75. The Labute approximate surface area is 109 Å². The van der Waals surface area contributed by atoms with Gasteiger partial charge in [-0.3, -0.25) is 0 Å². The first-order valence-corrected chi connectivity index (χ1v) is 6.84. The maximum absolute atomic E-state index is 11.6. The summed E-state index contributed by atoms with van der Waals surface area (Å²) in [5, 5.41) is 5.91. The molecule has 1 aliphatic carbocycles. The van der Waals surface area contributed by atoms with Crippen LogP contribution in [0.2, 0.25) is 0 Å². The molecule has 3 heteroatoms. The van der Waals surface area contributed by atoms with Crippen LogP contribution in [-0.2, 0) is 6.42 Å². The Kier molecular flexibility index (Phi) is 4.62. The van der Waals surface area contributed by atoms with Crippen molar-refractivity contribution in [1.29, 1.82) is 0 Å². The Bertz CT molecular complexity index is 373. The quantitative estimate of drug-likeness (QED) is 0.744. The lowest BCUT2D eigenvalue weighted by molar-refractivity contribution is 0.236. The van der Waals surface area contributed by atoms with Crippen LogP contribution in [0.15, 0.2) is 30.3 Å². The summed E-state index contributed by atoms with van der Waals surface area (Å²) in [6, 6.07) is 10.7. The van der Waals surface area contributed by atoms with Crippen LogP contribution in [0.25, 0.3) is 0 Å². The third-order valence-corrected chi connectivity index (χ3v) is 3.46. The number of rotatable bonds is 6. The number of hydrogen-bond donors (Lipinski definition) is 2. The van der Waals surface area contributed by atoms with E-state index in [0.717, 1.165) is 19.4 Å². The van der Waals surface area contributed by atoms with Crippen LogP contribution < -0.4 is 10.6 Å². The van der Waals surface area contributed by atoms with Crippen LogP contribution in [0.3, 0.4) is 0 Å². The second-order valence-corrected chi connectivity index (χ2v) is 5.12. The van der Waals surface area contributed by atoms with Crippen LogP contribution in [0.5, 0.6) is 0 Å². The zero-order valence-electron chi connectivity index (χ0n) is 11.0. The number of aryl methyl sites for hydroxylation is 1. The van der Waals surface area contributed by atoms with Crippen molar-refractivity contribution in [3.05, 3.63) is 35.9 Å². The standard InChI is InChI=1S/C15H22N2O/c1-12(14-9-10-14)17-15(18)16-11-5-8-13-6-3-2-4-7-13/h2-4,6-7,12,14H,5,8-11H2,1H3,(H2,16,17,18). The number of amides is 2. The van der Waals surface area contributed by atoms with Crippen molar-refractivity contribution in [3.8, 4) is 0 Å². The van der Waals surface area contributed by atoms with E-state index in [1.54, 1.807) is 0 Å². The van der Waals surface area contributed by atoms with E-state index in [9.17, 15) is 4.79 Å². The van der Waals surface area contributed by atoms with Crippen LogP contribution in [0.1, 0.15) is 31.7 Å². The Balaban J connectivity index is 1.56. The van der Waals surface area contributed by atoms with Gasteiger partial charge in [-0.05, 0) is 44.1 Å². The highest BCUT2D eigenvalue weighted by atomic mass is 16.2. The number of carbonyl (C=O) groups excluding carboxylic acids is 1. The zero-order chi connectivity index (χ0) is 12.8. The fourth-order valence-electron chi connectivity index (χ4n) is 2.11. The smallest absolute Gasteiger partial charge is 0.315 e. The molecule has 0 aliphatic heterocycles. The van der Waals surface area contributed by atoms with Gasteiger partial charge in [0.05, 0.1) is 0 Å². The summed E-state index contributed by atoms with van der Waals surface area (Å²) in [4.78, 5) is 11.6. The molecule has 1 fully saturated rings. The fourth-order valence-corrected chi connectivity index (χ4v) is 2.11. The molecule has 1 aromatic carbocycles. The predicted octanol–water partition coefficient (Wildman–Crippen LogP) is 2.72. The van der Waals surface area contributed by atoms with Crippen molar-refractivity contribution in [2.75, 3.05) is 6.54 Å². The maximum Gasteiger partial charge on any atom is 0.315 e. The van der Waals surface area contributed by atoms with Gasteiger partial charge >= 0.3 is 6.03 Å². The molecule has 0 radical (unpaired) electrons. The van der Waals surface area contributed by atoms with Gasteiger partial charge in [0.15, 0.2) is 0 Å². The fraction of sp³-hybridized carbons (Fsp3) is 0.533. The number of carbonyl (C=O) groups is 1. The zero-order valence-corrected chi connectivity index (χ0v) is 11.0. The summed E-state index contributed by atoms with van der Waals surface area (Å²) in [6.45, 7) is 2.82. The van der Waals surface area contributed by atoms with Crippen molar-refractivity contribution < 1.29 is 4.79 Å². The van der Waals surface area contributed by atoms with Gasteiger partial charge in [-0.15, -0.1) is 0 Å². The highest BCUT2D eigenvalue weighted by Crippen LogP contribution is 2.32. The van der Waals surface area contributed by atoms with E-state index in [-0.39, 0.29) is 6.03 Å². The lowest BCUT2D eigenvalue weighted by Crippen LogP contribution is -2.42. The summed E-state index contributed by atoms with van der Waals surface area (Å²) in [6.07, 6.45) is 4.51. The summed E-state index contributed by atoms with van der Waals surface area (Å²) < 4.78 is 0. The Morgan fingerprint density at radius 3 is 2.72 bits per heavy atom. The molecule has 0 saturated heterocycles. The molecule has 1 saturated carbocycles. The molecule has 18 heavy (non-hydrogen) atoms. The van der Waals surface area contributed by atoms with Crippen molar-refractivity contribution in [3.63, 3.8) is 0 Å². The highest BCUT2D eigenvalue weighted by molar-refractivity contribution is 5.74. The van der Waals surface area contributed by atoms with Gasteiger partial charge in [0, 0.05) is 12.6 Å². The van der Waals surface area contributed by atoms with E-state index in [4.69, 9.17) is 0 Å². The molecule has 1 aromatic rings. The number of hydrogen-bond acceptors (Lipinski definition) is 1. The average molecular weight is 246 g/mol. The first kappa shape index (κ1) is 12.9. The van der Waals surface area contributed by atoms with Gasteiger partial charge in [-0.2, -0.15) is 0 Å². The largest absolute Gasteiger partial charge is 0.338 e. The molecule has 2 N–H and O–H groups in total. The Morgan fingerprint density at radius 2 is 2.06 bits per heavy atom. The van der Waals surface area contributed by atoms with Gasteiger partial charge < -0.3 is 10.6 Å². The first-order valence-electron chi connectivity index (χ1n) is 6.84. The lowest BCUT2D eigenvalue weighted by atomic mass is 10.1. The normalized spacial score (nSPS) is 16.1. The maximum atomic E-state index is 11.6. The molecule has 2 rings (SSSR count). The SMILES string of the molecule is CC(NC(=O)NCCCc1ccccc1)C1CC1. The van der Waals surface area contributed by atoms with E-state index >= 15 is 0 Å². The minimum absolute atomic E-state index is 0.0255. The number of urea groups is 1. The second kappa shape index (κ2) is 6.43.